The highest BCUT2D eigenvalue weighted by atomic mass is 35.5. The van der Waals surface area contributed by atoms with Gasteiger partial charge in [0.15, 0.2) is 0 Å². The maximum absolute atomic E-state index is 13.3. The fourth-order valence-corrected chi connectivity index (χ4v) is 4.96. The maximum atomic E-state index is 13.3. The summed E-state index contributed by atoms with van der Waals surface area (Å²) in [5, 5.41) is 4.33. The van der Waals surface area contributed by atoms with Gasteiger partial charge >= 0.3 is 0 Å². The van der Waals surface area contributed by atoms with E-state index in [0.717, 1.165) is 16.3 Å². The number of nitrogens with one attached hydrogen (secondary N) is 1. The standard InChI is InChI=1S/C24H23Cl2N3O3S/c1-18(15-16-19-9-4-2-5-10-19)27-28-23(30)17-29(22-14-8-13-21(25)24(22)26)33(31,32)20-11-6-3-7-12-20/h2-14H,15-17H2,1H3,(H,28,30)/b27-18-. The summed E-state index contributed by atoms with van der Waals surface area (Å²) < 4.78 is 27.6. The summed E-state index contributed by atoms with van der Waals surface area (Å²) in [5.74, 6) is -0.607. The summed E-state index contributed by atoms with van der Waals surface area (Å²) in [6.45, 7) is 1.28. The molecule has 9 heteroatoms. The second-order valence-electron chi connectivity index (χ2n) is 7.27. The van der Waals surface area contributed by atoms with Gasteiger partial charge in [0.25, 0.3) is 15.9 Å². The van der Waals surface area contributed by atoms with Crippen molar-refractivity contribution in [3.8, 4) is 0 Å². The van der Waals surface area contributed by atoms with E-state index in [2.05, 4.69) is 10.5 Å². The van der Waals surface area contributed by atoms with Gasteiger partial charge in [0.2, 0.25) is 0 Å². The van der Waals surface area contributed by atoms with Crippen molar-refractivity contribution in [2.75, 3.05) is 10.8 Å². The Balaban J connectivity index is 1.78. The second-order valence-corrected chi connectivity index (χ2v) is 9.91. The third-order valence-electron chi connectivity index (χ3n) is 4.81. The summed E-state index contributed by atoms with van der Waals surface area (Å²) in [5.41, 5.74) is 4.42. The number of hydrogen-bond acceptors (Lipinski definition) is 4. The fraction of sp³-hybridized carbons (Fsp3) is 0.167. The molecule has 0 saturated carbocycles. The lowest BCUT2D eigenvalue weighted by Gasteiger charge is -2.25. The molecule has 0 aromatic heterocycles. The summed E-state index contributed by atoms with van der Waals surface area (Å²) >= 11 is 12.4. The topological polar surface area (TPSA) is 78.8 Å². The minimum absolute atomic E-state index is 0.0244. The molecular weight excluding hydrogens is 481 g/mol. The first kappa shape index (κ1) is 24.8. The molecule has 33 heavy (non-hydrogen) atoms. The molecule has 0 aliphatic heterocycles. The van der Waals surface area contributed by atoms with Crippen LogP contribution in [-0.2, 0) is 21.2 Å². The van der Waals surface area contributed by atoms with Crippen LogP contribution in [0.5, 0.6) is 0 Å². The molecule has 0 atom stereocenters. The predicted octanol–water partition coefficient (Wildman–Crippen LogP) is 5.31. The number of anilines is 1. The SMILES string of the molecule is C/C(CCc1ccccc1)=N/NC(=O)CN(c1cccc(Cl)c1Cl)S(=O)(=O)c1ccccc1. The van der Waals surface area contributed by atoms with E-state index < -0.39 is 22.5 Å². The third-order valence-corrected chi connectivity index (χ3v) is 7.39. The Kier molecular flexibility index (Phi) is 8.49. The van der Waals surface area contributed by atoms with Crippen molar-refractivity contribution >= 4 is 50.5 Å². The molecule has 1 N–H and O–H groups in total. The number of carbonyl (C=O) groups is 1. The molecule has 0 unspecified atom stereocenters. The van der Waals surface area contributed by atoms with Crippen LogP contribution in [0.3, 0.4) is 0 Å². The largest absolute Gasteiger partial charge is 0.271 e. The first-order valence-electron chi connectivity index (χ1n) is 10.2. The molecule has 6 nitrogen and oxygen atoms in total. The van der Waals surface area contributed by atoms with Crippen LogP contribution in [0.2, 0.25) is 10.0 Å². The Morgan fingerprint density at radius 1 is 0.939 bits per heavy atom. The normalized spacial score (nSPS) is 11.8. The summed E-state index contributed by atoms with van der Waals surface area (Å²) in [7, 11) is -4.09. The molecule has 0 radical (unpaired) electrons. The Morgan fingerprint density at radius 3 is 2.24 bits per heavy atom. The number of aryl methyl sites for hydroxylation is 1. The van der Waals surface area contributed by atoms with Crippen molar-refractivity contribution in [3.05, 3.63) is 94.5 Å². The minimum Gasteiger partial charge on any atom is -0.271 e. The number of hydrazone groups is 1. The first-order valence-corrected chi connectivity index (χ1v) is 12.4. The van der Waals surface area contributed by atoms with Gasteiger partial charge in [0, 0.05) is 5.71 Å². The van der Waals surface area contributed by atoms with E-state index >= 15 is 0 Å². The van der Waals surface area contributed by atoms with E-state index in [0.29, 0.717) is 12.1 Å². The van der Waals surface area contributed by atoms with Gasteiger partial charge in [-0.3, -0.25) is 9.10 Å². The van der Waals surface area contributed by atoms with Crippen molar-refractivity contribution in [2.45, 2.75) is 24.7 Å². The first-order chi connectivity index (χ1) is 15.8. The molecular formula is C24H23Cl2N3O3S. The van der Waals surface area contributed by atoms with Crippen LogP contribution in [0.25, 0.3) is 0 Å². The van der Waals surface area contributed by atoms with Gasteiger partial charge in [-0.1, -0.05) is 77.8 Å². The molecule has 3 aromatic rings. The van der Waals surface area contributed by atoms with Crippen LogP contribution in [0, 0.1) is 0 Å². The van der Waals surface area contributed by atoms with Gasteiger partial charge in [-0.05, 0) is 49.6 Å². The highest BCUT2D eigenvalue weighted by Gasteiger charge is 2.29. The van der Waals surface area contributed by atoms with Crippen molar-refractivity contribution in [2.24, 2.45) is 5.10 Å². The summed E-state index contributed by atoms with van der Waals surface area (Å²) in [6.07, 6.45) is 1.43. The van der Waals surface area contributed by atoms with Crippen molar-refractivity contribution < 1.29 is 13.2 Å². The van der Waals surface area contributed by atoms with Crippen LogP contribution >= 0.6 is 23.2 Å². The summed E-state index contributed by atoms with van der Waals surface area (Å²) in [6, 6.07) is 22.3. The summed E-state index contributed by atoms with van der Waals surface area (Å²) in [4.78, 5) is 12.7. The number of rotatable bonds is 9. The molecule has 3 rings (SSSR count). The quantitative estimate of drug-likeness (QED) is 0.317. The number of nitrogens with zero attached hydrogens (tertiary/aromatic N) is 2. The molecule has 0 aliphatic carbocycles. The van der Waals surface area contributed by atoms with Crippen LogP contribution in [-0.4, -0.2) is 26.6 Å². The number of benzene rings is 3. The zero-order chi connectivity index (χ0) is 23.8. The van der Waals surface area contributed by atoms with Gasteiger partial charge in [-0.15, -0.1) is 0 Å². The fourth-order valence-electron chi connectivity index (χ4n) is 3.05. The number of hydrogen-bond donors (Lipinski definition) is 1. The maximum Gasteiger partial charge on any atom is 0.264 e. The lowest BCUT2D eigenvalue weighted by molar-refractivity contribution is -0.119. The Hall–Kier alpha value is -2.87. The monoisotopic (exact) mass is 503 g/mol. The Morgan fingerprint density at radius 2 is 1.58 bits per heavy atom. The van der Waals surface area contributed by atoms with Crippen LogP contribution in [0.4, 0.5) is 5.69 Å². The molecule has 0 saturated heterocycles. The Bertz CT molecular complexity index is 1230. The number of amides is 1. The van der Waals surface area contributed by atoms with E-state index in [4.69, 9.17) is 23.2 Å². The van der Waals surface area contributed by atoms with Gasteiger partial charge in [-0.2, -0.15) is 5.10 Å². The lowest BCUT2D eigenvalue weighted by atomic mass is 10.1. The molecule has 172 valence electrons. The van der Waals surface area contributed by atoms with Gasteiger partial charge in [0.1, 0.15) is 6.54 Å². The molecule has 0 fully saturated rings. The van der Waals surface area contributed by atoms with E-state index in [1.807, 2.05) is 30.3 Å². The van der Waals surface area contributed by atoms with Crippen LogP contribution < -0.4 is 9.73 Å². The average molecular weight is 504 g/mol. The number of sulfonamides is 1. The third kappa shape index (κ3) is 6.57. The van der Waals surface area contributed by atoms with Crippen LogP contribution in [0.1, 0.15) is 18.9 Å². The van der Waals surface area contributed by atoms with Crippen molar-refractivity contribution in [1.82, 2.24) is 5.43 Å². The van der Waals surface area contributed by atoms with E-state index in [1.165, 1.54) is 18.2 Å². The molecule has 3 aromatic carbocycles. The lowest BCUT2D eigenvalue weighted by Crippen LogP contribution is -2.40. The highest BCUT2D eigenvalue weighted by Crippen LogP contribution is 2.35. The van der Waals surface area contributed by atoms with E-state index in [9.17, 15) is 13.2 Å². The minimum atomic E-state index is -4.09. The molecule has 0 heterocycles. The number of halogens is 2. The van der Waals surface area contributed by atoms with Crippen molar-refractivity contribution in [1.29, 1.82) is 0 Å². The van der Waals surface area contributed by atoms with Gasteiger partial charge in [0.05, 0.1) is 20.6 Å². The van der Waals surface area contributed by atoms with Gasteiger partial charge < -0.3 is 0 Å². The van der Waals surface area contributed by atoms with Crippen molar-refractivity contribution in [3.63, 3.8) is 0 Å². The molecule has 0 aliphatic rings. The van der Waals surface area contributed by atoms with Gasteiger partial charge in [-0.25, -0.2) is 13.8 Å². The molecule has 0 spiro atoms. The molecule has 1 amide bonds. The number of carbonyl (C=O) groups excluding carboxylic acids is 1. The smallest absolute Gasteiger partial charge is 0.264 e. The Labute approximate surface area is 203 Å². The highest BCUT2D eigenvalue weighted by molar-refractivity contribution is 7.92. The van der Waals surface area contributed by atoms with E-state index in [1.54, 1.807) is 37.3 Å². The van der Waals surface area contributed by atoms with E-state index in [-0.39, 0.29) is 20.6 Å². The second kappa shape index (κ2) is 11.3. The zero-order valence-corrected chi connectivity index (χ0v) is 20.2. The zero-order valence-electron chi connectivity index (χ0n) is 17.9. The van der Waals surface area contributed by atoms with Crippen LogP contribution in [0.15, 0.2) is 88.9 Å². The predicted molar refractivity (Wildman–Crippen MR) is 133 cm³/mol. The average Bonchev–Trinajstić information content (AvgIpc) is 2.83. The molecule has 0 bridgehead atoms.